The summed E-state index contributed by atoms with van der Waals surface area (Å²) in [4.78, 5) is 23.6. The maximum absolute atomic E-state index is 13.4. The summed E-state index contributed by atoms with van der Waals surface area (Å²) in [6.07, 6.45) is -0.563. The van der Waals surface area contributed by atoms with Crippen molar-refractivity contribution in [3.8, 4) is 11.4 Å². The number of alkyl halides is 3. The molecule has 3 rings (SSSR count). The van der Waals surface area contributed by atoms with Gasteiger partial charge in [0.05, 0.1) is 28.5 Å². The number of hydrogen-bond donors (Lipinski definition) is 1. The largest absolute Gasteiger partial charge is 0.484 e. The fraction of sp³-hybridized carbons (Fsp3) is 0.296. The molecule has 0 aliphatic rings. The third kappa shape index (κ3) is 7.17. The predicted molar refractivity (Wildman–Crippen MR) is 141 cm³/mol. The molecule has 1 aromatic carbocycles. The summed E-state index contributed by atoms with van der Waals surface area (Å²) in [5.41, 5.74) is 1.29. The van der Waals surface area contributed by atoms with Gasteiger partial charge in [-0.25, -0.2) is 9.07 Å². The molecule has 7 nitrogen and oxygen atoms in total. The van der Waals surface area contributed by atoms with E-state index in [1.165, 1.54) is 22.8 Å². The molecule has 0 fully saturated rings. The highest BCUT2D eigenvalue weighted by molar-refractivity contribution is 6.31. The Hall–Kier alpha value is -3.86. The molecule has 0 radical (unpaired) electrons. The molecule has 39 heavy (non-hydrogen) atoms. The third-order valence-corrected chi connectivity index (χ3v) is 6.24. The molecule has 208 valence electrons. The number of pyridine rings is 1. The fourth-order valence-corrected chi connectivity index (χ4v) is 3.80. The highest BCUT2D eigenvalue weighted by Crippen LogP contribution is 2.28. The summed E-state index contributed by atoms with van der Waals surface area (Å²) < 4.78 is 61.8. The normalized spacial score (nSPS) is 14.4. The Balaban J connectivity index is 2.00. The Labute approximate surface area is 227 Å². The van der Waals surface area contributed by atoms with Crippen molar-refractivity contribution in [3.63, 3.8) is 0 Å². The molecule has 0 saturated carbocycles. The second-order valence-electron chi connectivity index (χ2n) is 9.18. The molecule has 0 unspecified atom stereocenters. The lowest BCUT2D eigenvalue weighted by molar-refractivity contribution is -0.175. The molecular formula is C27H27ClF4N4O3. The van der Waals surface area contributed by atoms with Gasteiger partial charge in [0.2, 0.25) is 5.56 Å². The molecular weight excluding hydrogens is 540 g/mol. The van der Waals surface area contributed by atoms with Gasteiger partial charge < -0.3 is 14.6 Å². The number of ether oxygens (including phenoxy) is 1. The van der Waals surface area contributed by atoms with Gasteiger partial charge in [0, 0.05) is 24.7 Å². The first-order valence-corrected chi connectivity index (χ1v) is 12.1. The van der Waals surface area contributed by atoms with Crippen LogP contribution in [0.3, 0.4) is 0 Å². The van der Waals surface area contributed by atoms with E-state index < -0.39 is 36.0 Å². The standard InChI is InChI=1S/C27H27ClF4N4O3/c1-15(2)24(34-26(38)27(30,31)32)25(16(3)6-9-21(28)17(4)29)39-20-8-10-22-18(12-20)13-33-36(22)19-7-11-23(37)35(5)14-19/h6-15,24-25H,3H2,1-2,4-5H3,(H,34,38)/b9-6-,21-17-/t24-,25+/m0/s1. The van der Waals surface area contributed by atoms with E-state index in [0.717, 1.165) is 6.92 Å². The average Bonchev–Trinajstić information content (AvgIpc) is 3.28. The van der Waals surface area contributed by atoms with Gasteiger partial charge in [-0.1, -0.05) is 38.1 Å². The van der Waals surface area contributed by atoms with Crippen molar-refractivity contribution >= 4 is 28.4 Å². The van der Waals surface area contributed by atoms with E-state index in [1.54, 1.807) is 62.2 Å². The number of aromatic nitrogens is 3. The van der Waals surface area contributed by atoms with Gasteiger partial charge in [-0.2, -0.15) is 18.3 Å². The number of rotatable bonds is 9. The topological polar surface area (TPSA) is 78.2 Å². The van der Waals surface area contributed by atoms with Crippen LogP contribution in [0.25, 0.3) is 16.6 Å². The molecule has 0 aliphatic heterocycles. The molecule has 0 aliphatic carbocycles. The zero-order chi connectivity index (χ0) is 29.1. The fourth-order valence-electron chi connectivity index (χ4n) is 3.74. The maximum atomic E-state index is 13.4. The van der Waals surface area contributed by atoms with Crippen molar-refractivity contribution < 1.29 is 27.1 Å². The summed E-state index contributed by atoms with van der Waals surface area (Å²) in [5, 5.41) is 6.78. The van der Waals surface area contributed by atoms with Crippen molar-refractivity contribution in [1.29, 1.82) is 0 Å². The van der Waals surface area contributed by atoms with Gasteiger partial charge in [-0.3, -0.25) is 9.59 Å². The summed E-state index contributed by atoms with van der Waals surface area (Å²) in [7, 11) is 1.62. The molecule has 12 heteroatoms. The number of aryl methyl sites for hydroxylation is 1. The first kappa shape index (κ1) is 29.7. The van der Waals surface area contributed by atoms with Crippen LogP contribution >= 0.6 is 11.6 Å². The Morgan fingerprint density at radius 1 is 1.21 bits per heavy atom. The number of allylic oxidation sites excluding steroid dienone is 3. The van der Waals surface area contributed by atoms with E-state index in [9.17, 15) is 27.2 Å². The average molecular weight is 567 g/mol. The summed E-state index contributed by atoms with van der Waals surface area (Å²) >= 11 is 5.84. The van der Waals surface area contributed by atoms with Crippen LogP contribution < -0.4 is 15.6 Å². The van der Waals surface area contributed by atoms with Gasteiger partial charge >= 0.3 is 12.1 Å². The minimum atomic E-state index is -5.11. The molecule has 2 atom stereocenters. The molecule has 0 bridgehead atoms. The number of benzene rings is 1. The van der Waals surface area contributed by atoms with Crippen LogP contribution in [0.4, 0.5) is 17.6 Å². The lowest BCUT2D eigenvalue weighted by Crippen LogP contribution is -2.53. The number of halogens is 5. The second kappa shape index (κ2) is 11.9. The molecule has 2 heterocycles. The van der Waals surface area contributed by atoms with Crippen molar-refractivity contribution in [2.45, 2.75) is 39.1 Å². The lowest BCUT2D eigenvalue weighted by atomic mass is 9.93. The van der Waals surface area contributed by atoms with Crippen LogP contribution in [0.2, 0.25) is 0 Å². The Morgan fingerprint density at radius 3 is 2.49 bits per heavy atom. The van der Waals surface area contributed by atoms with Gasteiger partial charge in [0.1, 0.15) is 17.7 Å². The Morgan fingerprint density at radius 2 is 1.90 bits per heavy atom. The van der Waals surface area contributed by atoms with Gasteiger partial charge in [0.25, 0.3) is 0 Å². The number of nitrogens with one attached hydrogen (secondary N) is 1. The molecule has 1 amide bonds. The summed E-state index contributed by atoms with van der Waals surface area (Å²) in [6.45, 7) is 8.27. The Bertz CT molecular complexity index is 1500. The minimum Gasteiger partial charge on any atom is -0.484 e. The van der Waals surface area contributed by atoms with E-state index in [4.69, 9.17) is 16.3 Å². The summed E-state index contributed by atoms with van der Waals surface area (Å²) in [6, 6.07) is 6.80. The van der Waals surface area contributed by atoms with Crippen molar-refractivity contribution in [2.24, 2.45) is 13.0 Å². The molecule has 0 saturated heterocycles. The van der Waals surface area contributed by atoms with Crippen molar-refractivity contribution in [2.75, 3.05) is 0 Å². The summed E-state index contributed by atoms with van der Waals surface area (Å²) in [5.74, 6) is -3.04. The number of nitrogens with zero attached hydrogens (tertiary/aromatic N) is 3. The lowest BCUT2D eigenvalue weighted by Gasteiger charge is -2.32. The van der Waals surface area contributed by atoms with Crippen LogP contribution in [-0.4, -0.2) is 38.6 Å². The molecule has 1 N–H and O–H groups in total. The van der Waals surface area contributed by atoms with E-state index in [-0.39, 0.29) is 21.9 Å². The van der Waals surface area contributed by atoms with Gasteiger partial charge in [-0.15, -0.1) is 0 Å². The Kier molecular flexibility index (Phi) is 9.06. The zero-order valence-corrected chi connectivity index (χ0v) is 22.3. The highest BCUT2D eigenvalue weighted by atomic mass is 35.5. The highest BCUT2D eigenvalue weighted by Gasteiger charge is 2.42. The quantitative estimate of drug-likeness (QED) is 0.265. The number of carbonyl (C=O) groups is 1. The van der Waals surface area contributed by atoms with Crippen LogP contribution in [-0.2, 0) is 11.8 Å². The molecule has 3 aromatic rings. The SMILES string of the molecule is C=C(/C=C\C(Cl)=C(/C)F)[C@@H](Oc1ccc2c(cnn2-c2ccc(=O)n(C)c2)c1)[C@@H](NC(=O)C(F)(F)F)C(C)C. The van der Waals surface area contributed by atoms with Crippen LogP contribution in [0.15, 0.2) is 82.7 Å². The number of hydrogen-bond acceptors (Lipinski definition) is 4. The van der Waals surface area contributed by atoms with Crippen LogP contribution in [0.5, 0.6) is 5.75 Å². The van der Waals surface area contributed by atoms with E-state index in [1.807, 2.05) is 5.32 Å². The van der Waals surface area contributed by atoms with E-state index >= 15 is 0 Å². The van der Waals surface area contributed by atoms with E-state index in [2.05, 4.69) is 11.7 Å². The number of carbonyl (C=O) groups excluding carboxylic acids is 1. The molecule has 2 aromatic heterocycles. The second-order valence-corrected chi connectivity index (χ2v) is 9.59. The van der Waals surface area contributed by atoms with Crippen LogP contribution in [0.1, 0.15) is 20.8 Å². The minimum absolute atomic E-state index is 0.150. The van der Waals surface area contributed by atoms with Crippen LogP contribution in [0, 0.1) is 5.92 Å². The van der Waals surface area contributed by atoms with E-state index in [0.29, 0.717) is 16.6 Å². The first-order valence-electron chi connectivity index (χ1n) is 11.8. The maximum Gasteiger partial charge on any atom is 0.471 e. The predicted octanol–water partition coefficient (Wildman–Crippen LogP) is 5.73. The van der Waals surface area contributed by atoms with Gasteiger partial charge in [0.15, 0.2) is 0 Å². The molecule has 0 spiro atoms. The van der Waals surface area contributed by atoms with Crippen molar-refractivity contribution in [3.05, 3.63) is 88.2 Å². The van der Waals surface area contributed by atoms with Crippen molar-refractivity contribution in [1.82, 2.24) is 19.7 Å². The number of amides is 1. The first-order chi connectivity index (χ1) is 18.2. The smallest absolute Gasteiger partial charge is 0.471 e. The monoisotopic (exact) mass is 566 g/mol. The zero-order valence-electron chi connectivity index (χ0n) is 21.6. The van der Waals surface area contributed by atoms with Gasteiger partial charge in [-0.05, 0) is 48.8 Å². The third-order valence-electron chi connectivity index (χ3n) is 5.86. The number of fused-ring (bicyclic) bond motifs is 1.